The van der Waals surface area contributed by atoms with Gasteiger partial charge in [0.05, 0.1) is 6.61 Å². The van der Waals surface area contributed by atoms with Crippen molar-refractivity contribution in [2.75, 3.05) is 6.61 Å². The van der Waals surface area contributed by atoms with Gasteiger partial charge in [0.15, 0.2) is 0 Å². The quantitative estimate of drug-likeness (QED) is 0.509. The van der Waals surface area contributed by atoms with Crippen molar-refractivity contribution in [2.45, 2.75) is 52.6 Å². The third kappa shape index (κ3) is 7.26. The van der Waals surface area contributed by atoms with Crippen LogP contribution in [0.4, 0.5) is 0 Å². The highest BCUT2D eigenvalue weighted by Gasteiger charge is 2.19. The first kappa shape index (κ1) is 19.7. The number of unbranched alkanes of at least 4 members (excludes halogenated alkanes) is 1. The molecule has 6 heteroatoms. The maximum atomic E-state index is 12.3. The minimum absolute atomic E-state index is 0.249. The second-order valence-corrected chi connectivity index (χ2v) is 5.80. The van der Waals surface area contributed by atoms with Crippen molar-refractivity contribution < 1.29 is 14.3 Å². The van der Waals surface area contributed by atoms with Gasteiger partial charge in [0, 0.05) is 25.2 Å². The van der Waals surface area contributed by atoms with Gasteiger partial charge in [0.25, 0.3) is 0 Å². The third-order valence-corrected chi connectivity index (χ3v) is 3.29. The van der Waals surface area contributed by atoms with Gasteiger partial charge in [-0.3, -0.25) is 9.59 Å². The van der Waals surface area contributed by atoms with E-state index in [1.54, 1.807) is 12.3 Å². The first-order valence-electron chi connectivity index (χ1n) is 8.20. The topological polar surface area (TPSA) is 80.3 Å². The fourth-order valence-electron chi connectivity index (χ4n) is 2.11. The van der Waals surface area contributed by atoms with Crippen LogP contribution in [-0.4, -0.2) is 29.4 Å². The maximum absolute atomic E-state index is 12.3. The van der Waals surface area contributed by atoms with Crippen molar-refractivity contribution in [3.63, 3.8) is 0 Å². The highest BCUT2D eigenvalue weighted by atomic mass is 16.5. The summed E-state index contributed by atoms with van der Waals surface area (Å²) in [6.07, 6.45) is 4.05. The molecule has 2 N–H and O–H groups in total. The summed E-state index contributed by atoms with van der Waals surface area (Å²) in [7, 11) is 0. The van der Waals surface area contributed by atoms with Crippen LogP contribution in [0.25, 0.3) is 0 Å². The number of pyridine rings is 1. The molecule has 0 radical (unpaired) electrons. The van der Waals surface area contributed by atoms with E-state index in [0.29, 0.717) is 25.5 Å². The Morgan fingerprint density at radius 3 is 2.75 bits per heavy atom. The number of carbonyl (C=O) groups excluding carboxylic acids is 2. The minimum atomic E-state index is -0.624. The average Bonchev–Trinajstić information content (AvgIpc) is 2.52. The lowest BCUT2D eigenvalue weighted by molar-refractivity contribution is -0.128. The molecule has 1 atom stereocenters. The normalized spacial score (nSPS) is 11.5. The van der Waals surface area contributed by atoms with E-state index < -0.39 is 6.04 Å². The number of amides is 2. The van der Waals surface area contributed by atoms with Gasteiger partial charge in [-0.1, -0.05) is 25.0 Å². The molecule has 0 saturated heterocycles. The van der Waals surface area contributed by atoms with E-state index in [1.807, 2.05) is 13.0 Å². The zero-order valence-corrected chi connectivity index (χ0v) is 14.7. The number of nitrogens with one attached hydrogen (secondary N) is 2. The van der Waals surface area contributed by atoms with Crippen molar-refractivity contribution in [1.82, 2.24) is 15.6 Å². The van der Waals surface area contributed by atoms with Gasteiger partial charge in [0.1, 0.15) is 6.04 Å². The SMILES string of the molecule is C=C(C)CC(NC(C)=O)C(=O)NCc1cccnc1OCCCC. The summed E-state index contributed by atoms with van der Waals surface area (Å²) in [5, 5.41) is 5.47. The van der Waals surface area contributed by atoms with E-state index in [-0.39, 0.29) is 11.8 Å². The van der Waals surface area contributed by atoms with Crippen molar-refractivity contribution >= 4 is 11.8 Å². The van der Waals surface area contributed by atoms with Gasteiger partial charge in [-0.15, -0.1) is 6.58 Å². The Morgan fingerprint density at radius 2 is 2.12 bits per heavy atom. The summed E-state index contributed by atoms with van der Waals surface area (Å²) in [4.78, 5) is 27.8. The zero-order valence-electron chi connectivity index (χ0n) is 14.7. The van der Waals surface area contributed by atoms with Gasteiger partial charge in [-0.25, -0.2) is 4.98 Å². The zero-order chi connectivity index (χ0) is 17.9. The summed E-state index contributed by atoms with van der Waals surface area (Å²) >= 11 is 0. The highest BCUT2D eigenvalue weighted by molar-refractivity contribution is 5.87. The predicted molar refractivity (Wildman–Crippen MR) is 93.5 cm³/mol. The predicted octanol–water partition coefficient (Wildman–Crippen LogP) is 2.35. The Balaban J connectivity index is 2.67. The molecule has 2 amide bonds. The summed E-state index contributed by atoms with van der Waals surface area (Å²) in [6.45, 7) is 9.99. The molecule has 0 saturated carbocycles. The van der Waals surface area contributed by atoms with Crippen LogP contribution in [0.1, 0.15) is 45.6 Å². The fraction of sp³-hybridized carbons (Fsp3) is 0.500. The molecular weight excluding hydrogens is 306 g/mol. The lowest BCUT2D eigenvalue weighted by Crippen LogP contribution is -2.45. The minimum Gasteiger partial charge on any atom is -0.477 e. The molecule has 1 rings (SSSR count). The van der Waals surface area contributed by atoms with Gasteiger partial charge in [-0.05, 0) is 25.8 Å². The average molecular weight is 333 g/mol. The monoisotopic (exact) mass is 333 g/mol. The standard InChI is InChI=1S/C18H27N3O3/c1-5-6-10-24-18-15(8-7-9-19-18)12-20-17(23)16(11-13(2)3)21-14(4)22/h7-9,16H,2,5-6,10-12H2,1,3-4H3,(H,20,23)(H,21,22). The largest absolute Gasteiger partial charge is 0.477 e. The first-order chi connectivity index (χ1) is 11.4. The summed E-state index contributed by atoms with van der Waals surface area (Å²) in [5.74, 6) is 0.0279. The molecular formula is C18H27N3O3. The molecule has 0 fully saturated rings. The Kier molecular flexibility index (Phi) is 8.54. The lowest BCUT2D eigenvalue weighted by atomic mass is 10.1. The molecule has 0 aliphatic carbocycles. The van der Waals surface area contributed by atoms with E-state index in [4.69, 9.17) is 4.74 Å². The van der Waals surface area contributed by atoms with Gasteiger partial charge >= 0.3 is 0 Å². The Bertz CT molecular complexity index is 556. The van der Waals surface area contributed by atoms with Crippen LogP contribution in [0.5, 0.6) is 5.88 Å². The number of nitrogens with zero attached hydrogens (tertiary/aromatic N) is 1. The van der Waals surface area contributed by atoms with E-state index in [2.05, 4.69) is 29.1 Å². The van der Waals surface area contributed by atoms with E-state index in [0.717, 1.165) is 24.0 Å². The van der Waals surface area contributed by atoms with E-state index in [1.165, 1.54) is 6.92 Å². The molecule has 1 aromatic heterocycles. The highest BCUT2D eigenvalue weighted by Crippen LogP contribution is 2.14. The van der Waals surface area contributed by atoms with Crippen molar-refractivity contribution in [2.24, 2.45) is 0 Å². The number of aromatic nitrogens is 1. The summed E-state index contributed by atoms with van der Waals surface area (Å²) in [5.41, 5.74) is 1.63. The van der Waals surface area contributed by atoms with Crippen LogP contribution in [-0.2, 0) is 16.1 Å². The third-order valence-electron chi connectivity index (χ3n) is 3.29. The smallest absolute Gasteiger partial charge is 0.243 e. The number of rotatable bonds is 10. The molecule has 24 heavy (non-hydrogen) atoms. The maximum Gasteiger partial charge on any atom is 0.243 e. The van der Waals surface area contributed by atoms with Crippen LogP contribution in [0, 0.1) is 0 Å². The van der Waals surface area contributed by atoms with Crippen LogP contribution in [0.2, 0.25) is 0 Å². The van der Waals surface area contributed by atoms with Crippen LogP contribution in [0.15, 0.2) is 30.5 Å². The molecule has 0 aliphatic rings. The van der Waals surface area contributed by atoms with Crippen molar-refractivity contribution in [3.05, 3.63) is 36.0 Å². The number of hydrogen-bond donors (Lipinski definition) is 2. The second-order valence-electron chi connectivity index (χ2n) is 5.80. The number of hydrogen-bond acceptors (Lipinski definition) is 4. The summed E-state index contributed by atoms with van der Waals surface area (Å²) < 4.78 is 5.65. The molecule has 0 aromatic carbocycles. The molecule has 1 unspecified atom stereocenters. The van der Waals surface area contributed by atoms with Gasteiger partial charge < -0.3 is 15.4 Å². The Morgan fingerprint density at radius 1 is 1.38 bits per heavy atom. The van der Waals surface area contributed by atoms with E-state index >= 15 is 0 Å². The molecule has 6 nitrogen and oxygen atoms in total. The summed E-state index contributed by atoms with van der Waals surface area (Å²) in [6, 6.07) is 3.04. The molecule has 1 aromatic rings. The van der Waals surface area contributed by atoms with Crippen LogP contribution in [0.3, 0.4) is 0 Å². The first-order valence-corrected chi connectivity index (χ1v) is 8.20. The van der Waals surface area contributed by atoms with Crippen molar-refractivity contribution in [1.29, 1.82) is 0 Å². The number of ether oxygens (including phenoxy) is 1. The molecule has 1 heterocycles. The number of carbonyl (C=O) groups is 2. The molecule has 132 valence electrons. The second kappa shape index (κ2) is 10.4. The molecule has 0 aliphatic heterocycles. The van der Waals surface area contributed by atoms with Gasteiger partial charge in [0.2, 0.25) is 17.7 Å². The van der Waals surface area contributed by atoms with Gasteiger partial charge in [-0.2, -0.15) is 0 Å². The Hall–Kier alpha value is -2.37. The Labute approximate surface area is 143 Å². The van der Waals surface area contributed by atoms with Crippen LogP contribution >= 0.6 is 0 Å². The van der Waals surface area contributed by atoms with Crippen LogP contribution < -0.4 is 15.4 Å². The van der Waals surface area contributed by atoms with E-state index in [9.17, 15) is 9.59 Å². The fourth-order valence-corrected chi connectivity index (χ4v) is 2.11. The van der Waals surface area contributed by atoms with Crippen molar-refractivity contribution in [3.8, 4) is 5.88 Å². The lowest BCUT2D eigenvalue weighted by Gasteiger charge is -2.18. The molecule has 0 spiro atoms. The molecule has 0 bridgehead atoms.